The molecule has 3 heterocycles. The maximum absolute atomic E-state index is 9.95. The van der Waals surface area contributed by atoms with Gasteiger partial charge in [0.15, 0.2) is 0 Å². The van der Waals surface area contributed by atoms with Crippen LogP contribution in [0, 0.1) is 0 Å². The average molecular weight is 1230 g/mol. The minimum atomic E-state index is -0.518. The van der Waals surface area contributed by atoms with Crippen LogP contribution in [0.15, 0.2) is 303 Å². The molecule has 0 spiro atoms. The van der Waals surface area contributed by atoms with Gasteiger partial charge in [0, 0.05) is 73.1 Å². The molecule has 0 amide bonds. The Morgan fingerprint density at radius 2 is 0.853 bits per heavy atom. The quantitative estimate of drug-likeness (QED) is 0.127. The molecule has 2 aliphatic rings. The molecule has 5 heteroatoms. The molecule has 0 N–H and O–H groups in total. The fourth-order valence-electron chi connectivity index (χ4n) is 14.3. The topological polar surface area (TPSA) is 14.7 Å². The molecule has 0 atom stereocenters. The highest BCUT2D eigenvalue weighted by Gasteiger charge is 2.45. The van der Waals surface area contributed by atoms with Gasteiger partial charge in [0.1, 0.15) is 0 Å². The van der Waals surface area contributed by atoms with Crippen LogP contribution in [0.2, 0.25) is 0 Å². The summed E-state index contributed by atoms with van der Waals surface area (Å²) < 4.78 is 85.0. The number of para-hydroxylation sites is 4. The molecule has 0 saturated carbocycles. The fraction of sp³-hybridized carbons (Fsp3) is 0.133. The third-order valence-corrected chi connectivity index (χ3v) is 19.2. The van der Waals surface area contributed by atoms with Crippen LogP contribution in [-0.4, -0.2) is 11.3 Å². The largest absolute Gasteiger partial charge is 0.311 e. The third kappa shape index (κ3) is 10.4. The van der Waals surface area contributed by atoms with Gasteiger partial charge in [-0.2, -0.15) is 0 Å². The van der Waals surface area contributed by atoms with Gasteiger partial charge in [-0.05, 0) is 174 Å². The Morgan fingerprint density at radius 3 is 1.48 bits per heavy atom. The van der Waals surface area contributed by atoms with E-state index in [9.17, 15) is 8.22 Å². The number of hydrogen-bond acceptors (Lipinski definition) is 3. The molecule has 95 heavy (non-hydrogen) atoms. The molecule has 1 aromatic heterocycles. The van der Waals surface area contributed by atoms with Gasteiger partial charge in [-0.1, -0.05) is 274 Å². The van der Waals surface area contributed by atoms with E-state index in [1.807, 2.05) is 47.0 Å². The van der Waals surface area contributed by atoms with Crippen LogP contribution < -0.4 is 31.1 Å². The maximum atomic E-state index is 9.95. The standard InChI is InChI=1S/C90H77BN4/c1-88(2,3)66-51-65(52-67(55-66)89(4,5)6)64-45-48-78-82(54-64)95(87-74(61-31-17-11-18-32-61)42-28-43-75(87)62-33-19-12-20-34-62)85-57-68(90(7,8)9)56-84-86(85)91(78)79-49-46-73(59-83(79)94(84)71-40-27-35-63(53-71)60-29-15-10-16-30-60)93-80-44-26-25-41-76(80)77-58-72(47-50-81(77)93)92(69-36-21-13-22-37-69)70-38-23-14-24-39-70/h10-59H,1-9H3/i13D,21D,22D,25D,26D,36D,37D,41D,44D. The zero-order chi connectivity index (χ0) is 72.7. The van der Waals surface area contributed by atoms with E-state index in [-0.39, 0.29) is 46.2 Å². The van der Waals surface area contributed by atoms with Crippen molar-refractivity contribution in [2.75, 3.05) is 14.7 Å². The van der Waals surface area contributed by atoms with Crippen molar-refractivity contribution in [3.8, 4) is 50.2 Å². The van der Waals surface area contributed by atoms with E-state index < -0.39 is 47.7 Å². The SMILES string of the molecule is [2H]c1c([2H])c([2H])c(N(c2ccccc2)c2ccc3c(c2)c2c([2H])c([2H])c([2H])c([2H])c2n3-c2ccc3c(c2)N(c2cccc(-c4ccccc4)c2)c2cc(C(C)(C)C)cc4c2B3c2ccc(-c3cc(C(C)(C)C)cc(C(C)(C)C)c3)cc2N4c2c(-c3ccccc3)cccc2-c2ccccc2)c([2H])c1[2H]. The van der Waals surface area contributed by atoms with Crippen molar-refractivity contribution in [1.82, 2.24) is 4.57 Å². The third-order valence-electron chi connectivity index (χ3n) is 19.2. The summed E-state index contributed by atoms with van der Waals surface area (Å²) in [5, 5.41) is 0.737. The summed E-state index contributed by atoms with van der Waals surface area (Å²) in [6, 6.07) is 84.1. The predicted octanol–water partition coefficient (Wildman–Crippen LogP) is 22.9. The molecule has 13 aromatic carbocycles. The van der Waals surface area contributed by atoms with Gasteiger partial charge >= 0.3 is 0 Å². The summed E-state index contributed by atoms with van der Waals surface area (Å²) in [4.78, 5) is 6.63. The van der Waals surface area contributed by atoms with E-state index in [0.717, 1.165) is 101 Å². The lowest BCUT2D eigenvalue weighted by atomic mass is 9.33. The van der Waals surface area contributed by atoms with Crippen LogP contribution >= 0.6 is 0 Å². The van der Waals surface area contributed by atoms with E-state index in [1.165, 1.54) is 11.1 Å². The molecule has 2 aliphatic heterocycles. The summed E-state index contributed by atoms with van der Waals surface area (Å²) >= 11 is 0. The number of aromatic nitrogens is 1. The molecule has 14 aromatic rings. The van der Waals surface area contributed by atoms with Crippen molar-refractivity contribution in [2.45, 2.75) is 78.6 Å². The van der Waals surface area contributed by atoms with Crippen molar-refractivity contribution in [1.29, 1.82) is 0 Å². The Labute approximate surface area is 573 Å². The Morgan fingerprint density at radius 1 is 0.326 bits per heavy atom. The molecule has 460 valence electrons. The van der Waals surface area contributed by atoms with E-state index >= 15 is 0 Å². The molecular weight excluding hydrogens is 1150 g/mol. The molecule has 0 saturated heterocycles. The maximum Gasteiger partial charge on any atom is 0.252 e. The van der Waals surface area contributed by atoms with E-state index in [4.69, 9.17) is 4.11 Å². The Balaban J connectivity index is 1.02. The second kappa shape index (κ2) is 23.0. The van der Waals surface area contributed by atoms with Crippen molar-refractivity contribution in [3.63, 3.8) is 0 Å². The monoisotopic (exact) mass is 1230 g/mol. The van der Waals surface area contributed by atoms with Crippen LogP contribution in [0.3, 0.4) is 0 Å². The van der Waals surface area contributed by atoms with Crippen LogP contribution in [0.5, 0.6) is 0 Å². The Bertz CT molecular complexity index is 5700. The molecule has 0 radical (unpaired) electrons. The van der Waals surface area contributed by atoms with Crippen LogP contribution in [-0.2, 0) is 16.2 Å². The van der Waals surface area contributed by atoms with Crippen LogP contribution in [0.4, 0.5) is 51.2 Å². The normalized spacial score (nSPS) is 14.2. The molecule has 0 unspecified atom stereocenters. The van der Waals surface area contributed by atoms with Crippen molar-refractivity contribution >= 4 is 96.1 Å². The smallest absolute Gasteiger partial charge is 0.252 e. The van der Waals surface area contributed by atoms with Gasteiger partial charge < -0.3 is 19.3 Å². The van der Waals surface area contributed by atoms with E-state index in [2.05, 4.69) is 266 Å². The predicted molar refractivity (Wildman–Crippen MR) is 407 cm³/mol. The number of fused-ring (bicyclic) bond motifs is 7. The minimum Gasteiger partial charge on any atom is -0.311 e. The highest BCUT2D eigenvalue weighted by atomic mass is 15.2. The molecule has 4 nitrogen and oxygen atoms in total. The summed E-state index contributed by atoms with van der Waals surface area (Å²) in [7, 11) is 0. The van der Waals surface area contributed by atoms with Gasteiger partial charge in [-0.25, -0.2) is 0 Å². The van der Waals surface area contributed by atoms with Crippen LogP contribution in [0.25, 0.3) is 72.0 Å². The first-order chi connectivity index (χ1) is 49.8. The molecule has 0 bridgehead atoms. The fourth-order valence-corrected chi connectivity index (χ4v) is 14.3. The number of anilines is 9. The van der Waals surface area contributed by atoms with Crippen molar-refractivity contribution in [2.24, 2.45) is 0 Å². The van der Waals surface area contributed by atoms with Gasteiger partial charge in [0.2, 0.25) is 0 Å². The highest BCUT2D eigenvalue weighted by Crippen LogP contribution is 2.53. The summed E-state index contributed by atoms with van der Waals surface area (Å²) in [6.45, 7) is 20.2. The first kappa shape index (κ1) is 49.7. The molecule has 16 rings (SSSR count). The number of nitrogens with zero attached hydrogens (tertiary/aromatic N) is 4. The Kier molecular flexibility index (Phi) is 12.0. The Hall–Kier alpha value is -10.9. The van der Waals surface area contributed by atoms with Crippen molar-refractivity contribution < 1.29 is 12.3 Å². The zero-order valence-electron chi connectivity index (χ0n) is 64.0. The summed E-state index contributed by atoms with van der Waals surface area (Å²) in [6.07, 6.45) is 0. The second-order valence-corrected chi connectivity index (χ2v) is 28.4. The highest BCUT2D eigenvalue weighted by molar-refractivity contribution is 7.00. The first-order valence-electron chi connectivity index (χ1n) is 37.4. The summed E-state index contributed by atoms with van der Waals surface area (Å²) in [5.74, 6) is 0. The minimum absolute atomic E-state index is 0.0681. The lowest BCUT2D eigenvalue weighted by Gasteiger charge is -2.46. The molecular formula is C90H77BN4. The number of benzene rings is 13. The van der Waals surface area contributed by atoms with Gasteiger partial charge in [0.25, 0.3) is 6.71 Å². The lowest BCUT2D eigenvalue weighted by Crippen LogP contribution is -2.61. The second-order valence-electron chi connectivity index (χ2n) is 28.4. The number of rotatable bonds is 10. The van der Waals surface area contributed by atoms with Gasteiger partial charge in [-0.3, -0.25) is 0 Å². The summed E-state index contributed by atoms with van der Waals surface area (Å²) in [5.41, 5.74) is 23.1. The van der Waals surface area contributed by atoms with Gasteiger partial charge in [-0.15, -0.1) is 0 Å². The van der Waals surface area contributed by atoms with E-state index in [0.29, 0.717) is 28.0 Å². The van der Waals surface area contributed by atoms with Crippen molar-refractivity contribution in [3.05, 3.63) is 320 Å². The average Bonchev–Trinajstić information content (AvgIpc) is 0.791. The van der Waals surface area contributed by atoms with Gasteiger partial charge in [0.05, 0.1) is 29.1 Å². The van der Waals surface area contributed by atoms with Crippen LogP contribution in [0.1, 0.15) is 91.3 Å². The lowest BCUT2D eigenvalue weighted by molar-refractivity contribution is 0.569. The molecule has 0 fully saturated rings. The number of hydrogen-bond donors (Lipinski definition) is 0. The van der Waals surface area contributed by atoms with E-state index in [1.54, 1.807) is 17.0 Å². The zero-order valence-corrected chi connectivity index (χ0v) is 55.0. The first-order valence-corrected chi connectivity index (χ1v) is 32.9. The molecule has 0 aliphatic carbocycles.